The topological polar surface area (TPSA) is 37.4 Å². The van der Waals surface area contributed by atoms with Crippen LogP contribution in [0, 0.1) is 16.7 Å². The van der Waals surface area contributed by atoms with Crippen molar-refractivity contribution in [2.45, 2.75) is 46.0 Å². The highest BCUT2D eigenvalue weighted by Crippen LogP contribution is 2.61. The first-order valence-corrected chi connectivity index (χ1v) is 8.41. The number of nitrogens with zero attached hydrogens (tertiary/aromatic N) is 1. The zero-order valence-electron chi connectivity index (χ0n) is 13.4. The van der Waals surface area contributed by atoms with Crippen molar-refractivity contribution < 1.29 is 9.59 Å². The molecule has 3 nitrogen and oxygen atoms in total. The zero-order chi connectivity index (χ0) is 15.5. The maximum absolute atomic E-state index is 13.3. The molecule has 2 saturated carbocycles. The van der Waals surface area contributed by atoms with Gasteiger partial charge in [0.2, 0.25) is 5.91 Å². The van der Waals surface area contributed by atoms with Gasteiger partial charge < -0.3 is 4.90 Å². The van der Waals surface area contributed by atoms with Crippen molar-refractivity contribution in [1.29, 1.82) is 0 Å². The lowest BCUT2D eigenvalue weighted by atomic mass is 9.70. The first kappa shape index (κ1) is 14.0. The van der Waals surface area contributed by atoms with Crippen molar-refractivity contribution >= 4 is 17.4 Å². The predicted molar refractivity (Wildman–Crippen MR) is 85.7 cm³/mol. The van der Waals surface area contributed by atoms with Gasteiger partial charge in [-0.1, -0.05) is 32.0 Å². The molecule has 2 aliphatic carbocycles. The fourth-order valence-corrected chi connectivity index (χ4v) is 4.96. The highest BCUT2D eigenvalue weighted by atomic mass is 16.2. The summed E-state index contributed by atoms with van der Waals surface area (Å²) >= 11 is 0. The number of rotatable bonds is 1. The molecule has 1 amide bonds. The number of Topliss-reactive ketones (excluding diaryl/α,β-unsaturated/α-hetero) is 1. The van der Waals surface area contributed by atoms with Crippen LogP contribution in [-0.2, 0) is 16.0 Å². The molecule has 2 fully saturated rings. The van der Waals surface area contributed by atoms with Gasteiger partial charge in [-0.05, 0) is 49.7 Å². The monoisotopic (exact) mass is 297 g/mol. The van der Waals surface area contributed by atoms with Gasteiger partial charge in [-0.15, -0.1) is 0 Å². The van der Waals surface area contributed by atoms with Crippen LogP contribution >= 0.6 is 0 Å². The highest BCUT2D eigenvalue weighted by molar-refractivity contribution is 6.16. The molecule has 116 valence electrons. The lowest BCUT2D eigenvalue weighted by Crippen LogP contribution is -2.50. The van der Waals surface area contributed by atoms with E-state index in [1.54, 1.807) is 0 Å². The third kappa shape index (κ3) is 1.62. The number of carbonyl (C=O) groups excluding carboxylic acids is 2. The summed E-state index contributed by atoms with van der Waals surface area (Å²) in [6.07, 6.45) is 4.53. The normalized spacial score (nSPS) is 32.2. The number of anilines is 1. The lowest BCUT2D eigenvalue weighted by Gasteiger charge is -2.38. The van der Waals surface area contributed by atoms with E-state index >= 15 is 0 Å². The first-order chi connectivity index (χ1) is 10.5. The number of ketones is 1. The van der Waals surface area contributed by atoms with E-state index in [9.17, 15) is 9.59 Å². The van der Waals surface area contributed by atoms with Crippen molar-refractivity contribution in [3.05, 3.63) is 29.8 Å². The molecule has 3 heteroatoms. The summed E-state index contributed by atoms with van der Waals surface area (Å²) < 4.78 is 0. The number of benzene rings is 1. The van der Waals surface area contributed by atoms with E-state index in [0.717, 1.165) is 44.3 Å². The fourth-order valence-electron chi connectivity index (χ4n) is 4.96. The summed E-state index contributed by atoms with van der Waals surface area (Å²) in [6, 6.07) is 8.14. The SMILES string of the molecule is CC1(C)C(=O)C2(C(=O)N3CCCc4ccccc43)CCC1C2. The van der Waals surface area contributed by atoms with Crippen LogP contribution < -0.4 is 4.90 Å². The number of para-hydroxylation sites is 1. The molecule has 2 unspecified atom stereocenters. The molecule has 0 radical (unpaired) electrons. The Kier molecular flexibility index (Phi) is 2.82. The van der Waals surface area contributed by atoms with E-state index in [1.807, 2.05) is 36.9 Å². The van der Waals surface area contributed by atoms with Crippen LogP contribution in [0.5, 0.6) is 0 Å². The highest BCUT2D eigenvalue weighted by Gasteiger charge is 2.65. The number of hydrogen-bond donors (Lipinski definition) is 0. The standard InChI is InChI=1S/C19H23NO2/c1-18(2)14-9-10-19(12-14,16(18)21)17(22)20-11-5-7-13-6-3-4-8-15(13)20/h3-4,6,8,14H,5,7,9-12H2,1-2H3. The molecule has 0 aromatic heterocycles. The van der Waals surface area contributed by atoms with Crippen molar-refractivity contribution in [1.82, 2.24) is 0 Å². The van der Waals surface area contributed by atoms with Gasteiger partial charge in [-0.2, -0.15) is 0 Å². The minimum Gasteiger partial charge on any atom is -0.311 e. The minimum atomic E-state index is -0.737. The molecule has 0 spiro atoms. The molecule has 1 aromatic carbocycles. The Morgan fingerprint density at radius 1 is 1.27 bits per heavy atom. The molecule has 3 aliphatic rings. The van der Waals surface area contributed by atoms with E-state index in [1.165, 1.54) is 5.56 Å². The maximum atomic E-state index is 13.3. The smallest absolute Gasteiger partial charge is 0.240 e. The number of hydrogen-bond acceptors (Lipinski definition) is 2. The summed E-state index contributed by atoms with van der Waals surface area (Å²) in [6.45, 7) is 4.80. The summed E-state index contributed by atoms with van der Waals surface area (Å²) in [4.78, 5) is 28.2. The maximum Gasteiger partial charge on any atom is 0.240 e. The second-order valence-corrected chi connectivity index (χ2v) is 7.76. The van der Waals surface area contributed by atoms with Crippen molar-refractivity contribution in [3.63, 3.8) is 0 Å². The summed E-state index contributed by atoms with van der Waals surface area (Å²) in [7, 11) is 0. The third-order valence-corrected chi connectivity index (χ3v) is 6.32. The predicted octanol–water partition coefficient (Wildman–Crippen LogP) is 3.36. The lowest BCUT2D eigenvalue weighted by molar-refractivity contribution is -0.143. The minimum absolute atomic E-state index is 0.0673. The number of amides is 1. The second-order valence-electron chi connectivity index (χ2n) is 7.76. The summed E-state index contributed by atoms with van der Waals surface area (Å²) in [5.41, 5.74) is 1.19. The van der Waals surface area contributed by atoms with E-state index in [-0.39, 0.29) is 17.1 Å². The van der Waals surface area contributed by atoms with Crippen LogP contribution in [0.15, 0.2) is 24.3 Å². The van der Waals surface area contributed by atoms with Crippen LogP contribution in [-0.4, -0.2) is 18.2 Å². The Labute approximate surface area is 131 Å². The number of carbonyl (C=O) groups is 2. The average Bonchev–Trinajstić information content (AvgIpc) is 3.06. The molecule has 0 saturated heterocycles. The van der Waals surface area contributed by atoms with Gasteiger partial charge in [0.05, 0.1) is 0 Å². The molecule has 1 aliphatic heterocycles. The van der Waals surface area contributed by atoms with Crippen molar-refractivity contribution in [2.75, 3.05) is 11.4 Å². The van der Waals surface area contributed by atoms with Crippen molar-refractivity contribution in [2.24, 2.45) is 16.7 Å². The van der Waals surface area contributed by atoms with Gasteiger partial charge in [0, 0.05) is 17.6 Å². The summed E-state index contributed by atoms with van der Waals surface area (Å²) in [5, 5.41) is 0. The average molecular weight is 297 g/mol. The van der Waals surface area contributed by atoms with Crippen LogP contribution in [0.25, 0.3) is 0 Å². The Bertz CT molecular complexity index is 663. The molecule has 1 aromatic rings. The molecule has 2 bridgehead atoms. The van der Waals surface area contributed by atoms with Gasteiger partial charge in [-0.3, -0.25) is 9.59 Å². The quantitative estimate of drug-likeness (QED) is 0.745. The Morgan fingerprint density at radius 3 is 2.77 bits per heavy atom. The Balaban J connectivity index is 1.73. The van der Waals surface area contributed by atoms with E-state index in [2.05, 4.69) is 6.07 Å². The van der Waals surface area contributed by atoms with Crippen LogP contribution in [0.4, 0.5) is 5.69 Å². The fraction of sp³-hybridized carbons (Fsp3) is 0.579. The third-order valence-electron chi connectivity index (χ3n) is 6.32. The van der Waals surface area contributed by atoms with Gasteiger partial charge in [-0.25, -0.2) is 0 Å². The molecule has 1 heterocycles. The van der Waals surface area contributed by atoms with Crippen LogP contribution in [0.1, 0.15) is 45.1 Å². The zero-order valence-corrected chi connectivity index (χ0v) is 13.4. The molecule has 4 rings (SSSR count). The molecular formula is C19H23NO2. The number of fused-ring (bicyclic) bond motifs is 3. The first-order valence-electron chi connectivity index (χ1n) is 8.41. The van der Waals surface area contributed by atoms with Gasteiger partial charge in [0.1, 0.15) is 5.41 Å². The van der Waals surface area contributed by atoms with E-state index in [4.69, 9.17) is 0 Å². The van der Waals surface area contributed by atoms with Crippen LogP contribution in [0.2, 0.25) is 0 Å². The van der Waals surface area contributed by atoms with Crippen molar-refractivity contribution in [3.8, 4) is 0 Å². The van der Waals surface area contributed by atoms with E-state index in [0.29, 0.717) is 5.92 Å². The van der Waals surface area contributed by atoms with Gasteiger partial charge in [0.15, 0.2) is 5.78 Å². The molecule has 0 N–H and O–H groups in total. The van der Waals surface area contributed by atoms with E-state index < -0.39 is 5.41 Å². The van der Waals surface area contributed by atoms with Gasteiger partial charge >= 0.3 is 0 Å². The molecular weight excluding hydrogens is 274 g/mol. The number of aryl methyl sites for hydroxylation is 1. The largest absolute Gasteiger partial charge is 0.311 e. The molecule has 2 atom stereocenters. The second kappa shape index (κ2) is 4.43. The summed E-state index contributed by atoms with van der Waals surface area (Å²) in [5.74, 6) is 0.631. The van der Waals surface area contributed by atoms with Gasteiger partial charge in [0.25, 0.3) is 0 Å². The molecule has 22 heavy (non-hydrogen) atoms. The Morgan fingerprint density at radius 2 is 2.05 bits per heavy atom. The van der Waals surface area contributed by atoms with Crippen LogP contribution in [0.3, 0.4) is 0 Å². The Hall–Kier alpha value is -1.64.